The Morgan fingerprint density at radius 1 is 1.06 bits per heavy atom. The van der Waals surface area contributed by atoms with Crippen LogP contribution < -0.4 is 14.8 Å². The van der Waals surface area contributed by atoms with Crippen LogP contribution in [0.5, 0.6) is 5.75 Å². The summed E-state index contributed by atoms with van der Waals surface area (Å²) in [6, 6.07) is 7.92. The number of amides is 1. The minimum Gasteiger partial charge on any atom is -0.497 e. The third kappa shape index (κ3) is 6.26. The van der Waals surface area contributed by atoms with Crippen molar-refractivity contribution in [2.24, 2.45) is 0 Å². The van der Waals surface area contributed by atoms with Crippen LogP contribution in [0.1, 0.15) is 25.6 Å². The lowest BCUT2D eigenvalue weighted by atomic mass is 10.3. The number of carbonyl (C=O) groups excluding carboxylic acids is 1. The van der Waals surface area contributed by atoms with Crippen molar-refractivity contribution in [2.45, 2.75) is 42.5 Å². The van der Waals surface area contributed by atoms with Gasteiger partial charge < -0.3 is 10.1 Å². The van der Waals surface area contributed by atoms with E-state index < -0.39 is 32.0 Å². The average molecular weight is 490 g/mol. The van der Waals surface area contributed by atoms with Crippen LogP contribution in [0.2, 0.25) is 0 Å². The summed E-state index contributed by atoms with van der Waals surface area (Å²) in [5.74, 6) is -0.0123. The van der Waals surface area contributed by atoms with E-state index in [4.69, 9.17) is 4.74 Å². The highest BCUT2D eigenvalue weighted by molar-refractivity contribution is 7.91. The Balaban J connectivity index is 1.99. The topological polar surface area (TPSA) is 122 Å². The monoisotopic (exact) mass is 489 g/mol. The number of methoxy groups -OCH3 is 1. The number of nitrogens with zero attached hydrogens (tertiary/aromatic N) is 1. The predicted molar refractivity (Wildman–Crippen MR) is 119 cm³/mol. The number of thiophene rings is 1. The number of rotatable bonds is 11. The summed E-state index contributed by atoms with van der Waals surface area (Å²) in [7, 11) is -5.97. The second kappa shape index (κ2) is 10.6. The van der Waals surface area contributed by atoms with Crippen molar-refractivity contribution >= 4 is 37.3 Å². The van der Waals surface area contributed by atoms with Gasteiger partial charge in [0, 0.05) is 18.0 Å². The molecule has 2 aromatic rings. The van der Waals surface area contributed by atoms with Gasteiger partial charge in [0.05, 0.1) is 24.6 Å². The van der Waals surface area contributed by atoms with Crippen molar-refractivity contribution in [1.29, 1.82) is 0 Å². The molecule has 172 valence electrons. The SMILES string of the molecule is CCN(CC)S(=O)(=O)c1ccc(CNC(=O)[C@H](C)NS(=O)(=O)c2ccc(OC)cc2)s1. The lowest BCUT2D eigenvalue weighted by Gasteiger charge is -2.16. The van der Waals surface area contributed by atoms with Gasteiger partial charge in [-0.15, -0.1) is 11.3 Å². The molecule has 0 bridgehead atoms. The molecule has 9 nitrogen and oxygen atoms in total. The average Bonchev–Trinajstić information content (AvgIpc) is 3.22. The van der Waals surface area contributed by atoms with Gasteiger partial charge in [0.15, 0.2) is 0 Å². The van der Waals surface area contributed by atoms with E-state index in [0.717, 1.165) is 11.3 Å². The molecule has 0 radical (unpaired) electrons. The molecule has 0 saturated heterocycles. The molecule has 1 aromatic heterocycles. The lowest BCUT2D eigenvalue weighted by Crippen LogP contribution is -2.44. The number of ether oxygens (including phenoxy) is 1. The number of nitrogens with one attached hydrogen (secondary N) is 2. The standard InChI is InChI=1S/C19H27N3O6S3/c1-5-22(6-2)31(26,27)18-12-9-16(29-18)13-20-19(23)14(3)21-30(24,25)17-10-7-15(28-4)8-11-17/h7-12,14,21H,5-6,13H2,1-4H3,(H,20,23)/t14-/m0/s1. The maximum absolute atomic E-state index is 12.6. The van der Waals surface area contributed by atoms with E-state index in [2.05, 4.69) is 10.0 Å². The van der Waals surface area contributed by atoms with Gasteiger partial charge in [-0.2, -0.15) is 9.03 Å². The van der Waals surface area contributed by atoms with E-state index >= 15 is 0 Å². The summed E-state index contributed by atoms with van der Waals surface area (Å²) in [5, 5.41) is 2.63. The summed E-state index contributed by atoms with van der Waals surface area (Å²) in [4.78, 5) is 13.0. The maximum Gasteiger partial charge on any atom is 0.252 e. The van der Waals surface area contributed by atoms with Gasteiger partial charge in [0.1, 0.15) is 9.96 Å². The number of hydrogen-bond donors (Lipinski definition) is 2. The summed E-state index contributed by atoms with van der Waals surface area (Å²) < 4.78 is 58.9. The molecule has 2 rings (SSSR count). The first-order valence-corrected chi connectivity index (χ1v) is 13.3. The maximum atomic E-state index is 12.6. The van der Waals surface area contributed by atoms with Crippen LogP contribution in [0.15, 0.2) is 45.5 Å². The first-order chi connectivity index (χ1) is 14.5. The normalized spacial score (nSPS) is 13.2. The zero-order chi connectivity index (χ0) is 23.2. The minimum absolute atomic E-state index is 0.0115. The van der Waals surface area contributed by atoms with Crippen molar-refractivity contribution in [2.75, 3.05) is 20.2 Å². The van der Waals surface area contributed by atoms with Gasteiger partial charge >= 0.3 is 0 Å². The molecule has 12 heteroatoms. The summed E-state index contributed by atoms with van der Waals surface area (Å²) >= 11 is 1.07. The third-order valence-electron chi connectivity index (χ3n) is 4.47. The highest BCUT2D eigenvalue weighted by Crippen LogP contribution is 2.25. The smallest absolute Gasteiger partial charge is 0.252 e. The molecule has 0 fully saturated rings. The highest BCUT2D eigenvalue weighted by Gasteiger charge is 2.24. The van der Waals surface area contributed by atoms with Crippen LogP contribution in [0.4, 0.5) is 0 Å². The quantitative estimate of drug-likeness (QED) is 0.496. The molecule has 1 atom stereocenters. The Hall–Kier alpha value is -1.99. The molecule has 0 spiro atoms. The molecule has 0 aliphatic rings. The highest BCUT2D eigenvalue weighted by atomic mass is 32.2. The zero-order valence-electron chi connectivity index (χ0n) is 17.8. The second-order valence-electron chi connectivity index (χ2n) is 6.55. The largest absolute Gasteiger partial charge is 0.497 e. The molecular weight excluding hydrogens is 462 g/mol. The number of benzene rings is 1. The van der Waals surface area contributed by atoms with Crippen molar-refractivity contribution in [3.63, 3.8) is 0 Å². The molecule has 0 aliphatic heterocycles. The fraction of sp³-hybridized carbons (Fsp3) is 0.421. The van der Waals surface area contributed by atoms with Crippen molar-refractivity contribution in [3.8, 4) is 5.75 Å². The van der Waals surface area contributed by atoms with Gasteiger partial charge in [-0.1, -0.05) is 13.8 Å². The van der Waals surface area contributed by atoms with Crippen LogP contribution in [0, 0.1) is 0 Å². The van der Waals surface area contributed by atoms with Gasteiger partial charge in [-0.25, -0.2) is 16.8 Å². The molecule has 1 heterocycles. The summed E-state index contributed by atoms with van der Waals surface area (Å²) in [6.07, 6.45) is 0. The molecular formula is C19H27N3O6S3. The van der Waals surface area contributed by atoms with E-state index in [0.29, 0.717) is 23.7 Å². The van der Waals surface area contributed by atoms with Crippen molar-refractivity contribution in [1.82, 2.24) is 14.3 Å². The van der Waals surface area contributed by atoms with Gasteiger partial charge in [0.25, 0.3) is 10.0 Å². The Labute approximate surface area is 187 Å². The summed E-state index contributed by atoms with van der Waals surface area (Å²) in [6.45, 7) is 5.80. The number of hydrogen-bond acceptors (Lipinski definition) is 7. The van der Waals surface area contributed by atoms with Crippen LogP contribution in [0.25, 0.3) is 0 Å². The van der Waals surface area contributed by atoms with Gasteiger partial charge in [-0.3, -0.25) is 4.79 Å². The van der Waals surface area contributed by atoms with Gasteiger partial charge in [0.2, 0.25) is 15.9 Å². The Kier molecular flexibility index (Phi) is 8.60. The van der Waals surface area contributed by atoms with Crippen LogP contribution >= 0.6 is 11.3 Å². The Morgan fingerprint density at radius 3 is 2.23 bits per heavy atom. The molecule has 2 N–H and O–H groups in total. The molecule has 0 saturated carbocycles. The second-order valence-corrected chi connectivity index (χ2v) is 11.6. The number of carbonyl (C=O) groups is 1. The number of sulfonamides is 2. The zero-order valence-corrected chi connectivity index (χ0v) is 20.2. The molecule has 0 aliphatic carbocycles. The molecule has 1 aromatic carbocycles. The van der Waals surface area contributed by atoms with E-state index in [-0.39, 0.29) is 15.6 Å². The van der Waals surface area contributed by atoms with E-state index in [1.165, 1.54) is 48.7 Å². The minimum atomic E-state index is -3.89. The first kappa shape index (κ1) is 25.3. The van der Waals surface area contributed by atoms with Gasteiger partial charge in [-0.05, 0) is 43.3 Å². The van der Waals surface area contributed by atoms with Crippen molar-refractivity contribution < 1.29 is 26.4 Å². The van der Waals surface area contributed by atoms with Crippen LogP contribution in [0.3, 0.4) is 0 Å². The van der Waals surface area contributed by atoms with E-state index in [9.17, 15) is 21.6 Å². The first-order valence-electron chi connectivity index (χ1n) is 9.58. The Bertz CT molecular complexity index is 1090. The van der Waals surface area contributed by atoms with Crippen LogP contribution in [-0.2, 0) is 31.4 Å². The summed E-state index contributed by atoms with van der Waals surface area (Å²) in [5.41, 5.74) is 0. The molecule has 1 amide bonds. The lowest BCUT2D eigenvalue weighted by molar-refractivity contribution is -0.122. The molecule has 31 heavy (non-hydrogen) atoms. The predicted octanol–water partition coefficient (Wildman–Crippen LogP) is 1.77. The third-order valence-corrected chi connectivity index (χ3v) is 9.63. The Morgan fingerprint density at radius 2 is 1.68 bits per heavy atom. The van der Waals surface area contributed by atoms with E-state index in [1.807, 2.05) is 0 Å². The fourth-order valence-corrected chi connectivity index (χ4v) is 6.83. The van der Waals surface area contributed by atoms with Crippen LogP contribution in [-0.4, -0.2) is 53.3 Å². The van der Waals surface area contributed by atoms with E-state index in [1.54, 1.807) is 19.9 Å². The molecule has 0 unspecified atom stereocenters. The van der Waals surface area contributed by atoms with Crippen molar-refractivity contribution in [3.05, 3.63) is 41.3 Å². The fourth-order valence-electron chi connectivity index (χ4n) is 2.72.